The van der Waals surface area contributed by atoms with Crippen LogP contribution in [0.3, 0.4) is 0 Å². The molecule has 0 spiro atoms. The third kappa shape index (κ3) is 4.97. The molecule has 0 aromatic heterocycles. The van der Waals surface area contributed by atoms with E-state index in [0.29, 0.717) is 0 Å². The molecule has 0 aliphatic rings. The van der Waals surface area contributed by atoms with Crippen LogP contribution in [0.15, 0.2) is 9.34 Å². The molecule has 0 aliphatic heterocycles. The lowest BCUT2D eigenvalue weighted by Gasteiger charge is -2.00. The molecular weight excluding hydrogens is 304 g/mol. The van der Waals surface area contributed by atoms with Crippen molar-refractivity contribution in [3.63, 3.8) is 0 Å². The van der Waals surface area contributed by atoms with E-state index in [1.165, 1.54) is 0 Å². The molecule has 0 rings (SSSR count). The second-order valence-corrected chi connectivity index (χ2v) is 2.72. The molecule has 0 aliphatic carbocycles. The quantitative estimate of drug-likeness (QED) is 0.600. The highest BCUT2D eigenvalue weighted by atomic mass is 79.9. The third-order valence-electron chi connectivity index (χ3n) is 0.508. The molecule has 0 fully saturated rings. The fourth-order valence-corrected chi connectivity index (χ4v) is 0.672. The summed E-state index contributed by atoms with van der Waals surface area (Å²) in [4.78, 5) is 19.8. The first kappa shape index (κ1) is 11.2. The summed E-state index contributed by atoms with van der Waals surface area (Å²) >= 11 is 5.23. The molecule has 0 atom stereocenters. The van der Waals surface area contributed by atoms with Crippen molar-refractivity contribution in [1.29, 1.82) is 0 Å². The van der Waals surface area contributed by atoms with Gasteiger partial charge in [0.1, 0.15) is 0 Å². The van der Waals surface area contributed by atoms with Crippen molar-refractivity contribution in [2.45, 2.75) is 0 Å². The Bertz CT molecular complexity index is 210. The first-order valence-corrected chi connectivity index (χ1v) is 3.89. The van der Waals surface area contributed by atoms with Crippen LogP contribution in [-0.2, 0) is 9.47 Å². The van der Waals surface area contributed by atoms with E-state index >= 15 is 0 Å². The van der Waals surface area contributed by atoms with Crippen LogP contribution in [0.25, 0.3) is 0 Å². The van der Waals surface area contributed by atoms with Gasteiger partial charge in [0.05, 0.1) is 0 Å². The Balaban J connectivity index is 4.25. The SMILES string of the molecule is O=C(O)O/C(Br)=C(\Br)OC(=O)O. The second kappa shape index (κ2) is 4.99. The van der Waals surface area contributed by atoms with Gasteiger partial charge in [0.25, 0.3) is 0 Å². The Morgan fingerprint density at radius 1 is 0.917 bits per heavy atom. The van der Waals surface area contributed by atoms with Gasteiger partial charge in [-0.05, 0) is 31.9 Å². The van der Waals surface area contributed by atoms with E-state index in [1.807, 2.05) is 0 Å². The normalized spacial score (nSPS) is 11.5. The van der Waals surface area contributed by atoms with Crippen molar-refractivity contribution < 1.29 is 29.3 Å². The average Bonchev–Trinajstić information content (AvgIpc) is 1.84. The number of hydrogen-bond donors (Lipinski definition) is 2. The molecule has 0 unspecified atom stereocenters. The predicted octanol–water partition coefficient (Wildman–Crippen LogP) is 2.29. The highest BCUT2D eigenvalue weighted by Crippen LogP contribution is 2.20. The van der Waals surface area contributed by atoms with Gasteiger partial charge in [-0.15, -0.1) is 0 Å². The van der Waals surface area contributed by atoms with Crippen LogP contribution in [0.5, 0.6) is 0 Å². The summed E-state index contributed by atoms with van der Waals surface area (Å²) in [5, 5.41) is 16.1. The number of carbonyl (C=O) groups is 2. The highest BCUT2D eigenvalue weighted by molar-refractivity contribution is 9.14. The minimum Gasteiger partial charge on any atom is -0.449 e. The summed E-state index contributed by atoms with van der Waals surface area (Å²) < 4.78 is 7.23. The van der Waals surface area contributed by atoms with Crippen LogP contribution in [-0.4, -0.2) is 22.5 Å². The van der Waals surface area contributed by atoms with E-state index in [9.17, 15) is 9.59 Å². The zero-order valence-corrected chi connectivity index (χ0v) is 8.46. The molecule has 0 amide bonds. The van der Waals surface area contributed by atoms with Crippen LogP contribution in [0.4, 0.5) is 9.59 Å². The van der Waals surface area contributed by atoms with Gasteiger partial charge in [0.15, 0.2) is 0 Å². The van der Waals surface area contributed by atoms with E-state index in [4.69, 9.17) is 10.2 Å². The largest absolute Gasteiger partial charge is 0.512 e. The molecule has 0 aromatic carbocycles. The zero-order valence-electron chi connectivity index (χ0n) is 5.28. The number of rotatable bonds is 2. The first-order valence-electron chi connectivity index (χ1n) is 2.30. The fourth-order valence-electron chi connectivity index (χ4n) is 0.234. The van der Waals surface area contributed by atoms with E-state index < -0.39 is 12.3 Å². The summed E-state index contributed by atoms with van der Waals surface area (Å²) in [5.41, 5.74) is 0. The maximum absolute atomic E-state index is 9.89. The maximum Gasteiger partial charge on any atom is 0.512 e. The van der Waals surface area contributed by atoms with Crippen molar-refractivity contribution in [3.8, 4) is 0 Å². The van der Waals surface area contributed by atoms with E-state index in [1.54, 1.807) is 0 Å². The lowest BCUT2D eigenvalue weighted by atomic mass is 11.0. The second-order valence-electron chi connectivity index (χ2n) is 1.28. The van der Waals surface area contributed by atoms with Gasteiger partial charge in [-0.1, -0.05) is 0 Å². The van der Waals surface area contributed by atoms with Crippen molar-refractivity contribution in [3.05, 3.63) is 9.34 Å². The van der Waals surface area contributed by atoms with Crippen LogP contribution in [0.2, 0.25) is 0 Å². The first-order chi connectivity index (χ1) is 5.43. The van der Waals surface area contributed by atoms with Gasteiger partial charge in [-0.3, -0.25) is 0 Å². The fraction of sp³-hybridized carbons (Fsp3) is 0. The van der Waals surface area contributed by atoms with Gasteiger partial charge in [-0.25, -0.2) is 9.59 Å². The summed E-state index contributed by atoms with van der Waals surface area (Å²) in [5.74, 6) is 0. The Morgan fingerprint density at radius 2 is 1.17 bits per heavy atom. The van der Waals surface area contributed by atoms with Gasteiger partial charge in [0, 0.05) is 0 Å². The van der Waals surface area contributed by atoms with E-state index in [2.05, 4.69) is 41.3 Å². The summed E-state index contributed by atoms with van der Waals surface area (Å²) in [6.45, 7) is 0. The van der Waals surface area contributed by atoms with Crippen LogP contribution in [0.1, 0.15) is 0 Å². The van der Waals surface area contributed by atoms with Crippen LogP contribution in [0, 0.1) is 0 Å². The molecule has 12 heavy (non-hydrogen) atoms. The number of ether oxygens (including phenoxy) is 2. The third-order valence-corrected chi connectivity index (χ3v) is 2.08. The number of hydrogen-bond acceptors (Lipinski definition) is 4. The van der Waals surface area contributed by atoms with Gasteiger partial charge in [-0.2, -0.15) is 0 Å². The Kier molecular flexibility index (Phi) is 4.67. The lowest BCUT2D eigenvalue weighted by Crippen LogP contribution is -2.01. The van der Waals surface area contributed by atoms with Crippen LogP contribution < -0.4 is 0 Å². The highest BCUT2D eigenvalue weighted by Gasteiger charge is 2.10. The number of halogens is 2. The Hall–Kier alpha value is -0.760. The lowest BCUT2D eigenvalue weighted by molar-refractivity contribution is 0.110. The van der Waals surface area contributed by atoms with Gasteiger partial charge >= 0.3 is 12.3 Å². The van der Waals surface area contributed by atoms with Crippen LogP contribution >= 0.6 is 31.9 Å². The van der Waals surface area contributed by atoms with Crippen molar-refractivity contribution in [2.75, 3.05) is 0 Å². The number of carboxylic acid groups (broad SMARTS) is 2. The molecule has 6 nitrogen and oxygen atoms in total. The predicted molar refractivity (Wildman–Crippen MR) is 43.1 cm³/mol. The minimum absolute atomic E-state index is 0.377. The summed E-state index contributed by atoms with van der Waals surface area (Å²) in [6.07, 6.45) is -3.18. The van der Waals surface area contributed by atoms with Crippen molar-refractivity contribution >= 4 is 44.2 Å². The molecule has 0 saturated heterocycles. The molecule has 0 saturated carbocycles. The molecule has 0 heterocycles. The Labute approximate surface area is 83.0 Å². The van der Waals surface area contributed by atoms with E-state index in [-0.39, 0.29) is 9.34 Å². The minimum atomic E-state index is -1.59. The Morgan fingerprint density at radius 3 is 1.33 bits per heavy atom. The molecule has 0 radical (unpaired) electrons. The molecule has 8 heteroatoms. The standard InChI is InChI=1S/C4H2Br2O6/c5-1(11-3(7)8)2(6)12-4(9)10/h(H,7,8)(H,9,10)/b2-1+. The topological polar surface area (TPSA) is 93.1 Å². The van der Waals surface area contributed by atoms with Crippen molar-refractivity contribution in [1.82, 2.24) is 0 Å². The molecular formula is C4H2Br2O6. The summed E-state index contributed by atoms with van der Waals surface area (Å²) in [7, 11) is 0. The molecule has 0 aromatic rings. The van der Waals surface area contributed by atoms with Gasteiger partial charge in [0.2, 0.25) is 9.34 Å². The van der Waals surface area contributed by atoms with E-state index in [0.717, 1.165) is 0 Å². The maximum atomic E-state index is 9.89. The van der Waals surface area contributed by atoms with Gasteiger partial charge < -0.3 is 19.7 Å². The molecule has 2 N–H and O–H groups in total. The molecule has 0 bridgehead atoms. The van der Waals surface area contributed by atoms with Crippen molar-refractivity contribution in [2.24, 2.45) is 0 Å². The average molecular weight is 306 g/mol. The smallest absolute Gasteiger partial charge is 0.449 e. The molecule has 68 valence electrons. The monoisotopic (exact) mass is 304 g/mol. The zero-order chi connectivity index (χ0) is 9.72. The summed E-state index contributed by atoms with van der Waals surface area (Å²) in [6, 6.07) is 0.